The molecule has 7 nitrogen and oxygen atoms in total. The highest BCUT2D eigenvalue weighted by Crippen LogP contribution is 2.55. The molecule has 3 atom stereocenters. The molecule has 2 aromatic carbocycles. The van der Waals surface area contributed by atoms with Gasteiger partial charge in [0.2, 0.25) is 5.91 Å². The van der Waals surface area contributed by atoms with E-state index in [1.165, 1.54) is 19.8 Å². The van der Waals surface area contributed by atoms with Crippen LogP contribution < -0.4 is 9.47 Å². The fourth-order valence-corrected chi connectivity index (χ4v) is 6.94. The second kappa shape index (κ2) is 11.7. The Morgan fingerprint density at radius 3 is 2.45 bits per heavy atom. The van der Waals surface area contributed by atoms with Crippen LogP contribution >= 0.6 is 0 Å². The molecule has 0 aromatic heterocycles. The lowest BCUT2D eigenvalue weighted by Gasteiger charge is -2.60. The van der Waals surface area contributed by atoms with E-state index in [4.69, 9.17) is 14.2 Å². The van der Waals surface area contributed by atoms with Crippen molar-refractivity contribution in [3.05, 3.63) is 65.7 Å². The number of likely N-dealkylation sites (tertiary alicyclic amines) is 1. The van der Waals surface area contributed by atoms with Crippen molar-refractivity contribution in [2.24, 2.45) is 5.92 Å². The van der Waals surface area contributed by atoms with Gasteiger partial charge in [-0.05, 0) is 92.5 Å². The van der Waals surface area contributed by atoms with E-state index < -0.39 is 11.0 Å². The van der Waals surface area contributed by atoms with Crippen molar-refractivity contribution in [1.82, 2.24) is 9.80 Å². The van der Waals surface area contributed by atoms with Crippen LogP contribution in [0.15, 0.2) is 54.6 Å². The largest absolute Gasteiger partial charge is 0.497 e. The van der Waals surface area contributed by atoms with E-state index >= 15 is 0 Å². The average molecular weight is 547 g/mol. The van der Waals surface area contributed by atoms with Crippen molar-refractivity contribution in [2.45, 2.75) is 62.5 Å². The number of benzene rings is 2. The van der Waals surface area contributed by atoms with E-state index in [0.29, 0.717) is 6.42 Å². The van der Waals surface area contributed by atoms with Crippen LogP contribution in [0, 0.1) is 5.92 Å². The molecular weight excluding hydrogens is 504 g/mol. The van der Waals surface area contributed by atoms with E-state index in [1.54, 1.807) is 20.3 Å². The standard InChI is InChI=1S/C33H42N2O5/c1-24(36)40-33-16-15-28(34(2)31(37)14-13-25-7-5-9-29(19-25)38-3)21-32(33,27-8-6-10-30(20-27)39-4)17-18-35(23-33)22-26-11-12-26/h5-10,13-14,19-20,26,28H,11-12,15-18,21-23H2,1-4H3/t28-,32+,33+/m1/s1. The SMILES string of the molecule is COc1cccc(C=CC(=O)N(C)[C@@H]2CC[C@]3(OC(C)=O)CN(CC4CC4)CC[C@@]3(c3cccc(OC)c3)C2)c1. The summed E-state index contributed by atoms with van der Waals surface area (Å²) in [6.45, 7) is 4.25. The Bertz CT molecular complexity index is 1260. The average Bonchev–Trinajstić information content (AvgIpc) is 3.79. The van der Waals surface area contributed by atoms with Gasteiger partial charge in [-0.1, -0.05) is 24.3 Å². The molecule has 1 heterocycles. The number of carbonyl (C=O) groups is 2. The normalized spacial score (nSPS) is 26.6. The van der Waals surface area contributed by atoms with Crippen LogP contribution in [0.1, 0.15) is 56.6 Å². The summed E-state index contributed by atoms with van der Waals surface area (Å²) in [6, 6.07) is 15.9. The predicted octanol–water partition coefficient (Wildman–Crippen LogP) is 5.08. The van der Waals surface area contributed by atoms with Crippen LogP contribution in [0.4, 0.5) is 0 Å². The van der Waals surface area contributed by atoms with Crippen molar-refractivity contribution >= 4 is 18.0 Å². The van der Waals surface area contributed by atoms with E-state index in [-0.39, 0.29) is 17.9 Å². The molecular formula is C33H42N2O5. The molecule has 2 aromatic rings. The third-order valence-electron chi connectivity index (χ3n) is 9.25. The Kier molecular flexibility index (Phi) is 8.22. The monoisotopic (exact) mass is 546 g/mol. The molecule has 1 saturated heterocycles. The summed E-state index contributed by atoms with van der Waals surface area (Å²) in [5, 5.41) is 0. The number of fused-ring (bicyclic) bond motifs is 1. The van der Waals surface area contributed by atoms with Gasteiger partial charge in [-0.2, -0.15) is 0 Å². The highest BCUT2D eigenvalue weighted by Gasteiger charge is 2.61. The Balaban J connectivity index is 1.45. The smallest absolute Gasteiger partial charge is 0.303 e. The molecule has 40 heavy (non-hydrogen) atoms. The minimum atomic E-state index is -0.658. The molecule has 0 bridgehead atoms. The quantitative estimate of drug-likeness (QED) is 0.323. The zero-order valence-corrected chi connectivity index (χ0v) is 24.2. The van der Waals surface area contributed by atoms with Crippen molar-refractivity contribution in [3.8, 4) is 11.5 Å². The lowest BCUT2D eigenvalue weighted by Crippen LogP contribution is -2.68. The van der Waals surface area contributed by atoms with Crippen molar-refractivity contribution in [1.29, 1.82) is 0 Å². The van der Waals surface area contributed by atoms with Gasteiger partial charge in [-0.15, -0.1) is 0 Å². The summed E-state index contributed by atoms with van der Waals surface area (Å²) in [7, 11) is 5.21. The van der Waals surface area contributed by atoms with Gasteiger partial charge in [-0.25, -0.2) is 0 Å². The van der Waals surface area contributed by atoms with E-state index in [2.05, 4.69) is 17.0 Å². The number of likely N-dealkylation sites (N-methyl/N-ethyl adjacent to an activating group) is 1. The Morgan fingerprint density at radius 2 is 1.75 bits per heavy atom. The third kappa shape index (κ3) is 5.75. The molecule has 2 saturated carbocycles. The Labute approximate surface area is 238 Å². The van der Waals surface area contributed by atoms with Crippen LogP contribution in [0.3, 0.4) is 0 Å². The van der Waals surface area contributed by atoms with Gasteiger partial charge in [-0.3, -0.25) is 14.5 Å². The van der Waals surface area contributed by atoms with Crippen LogP contribution in [0.25, 0.3) is 6.08 Å². The number of amides is 1. The van der Waals surface area contributed by atoms with Gasteiger partial charge in [0.05, 0.1) is 14.2 Å². The number of methoxy groups -OCH3 is 2. The van der Waals surface area contributed by atoms with Gasteiger partial charge in [0.25, 0.3) is 0 Å². The van der Waals surface area contributed by atoms with Crippen LogP contribution in [0.2, 0.25) is 0 Å². The molecule has 5 rings (SSSR count). The Morgan fingerprint density at radius 1 is 1.02 bits per heavy atom. The maximum atomic E-state index is 13.4. The number of piperidine rings is 1. The molecule has 0 N–H and O–H groups in total. The van der Waals surface area contributed by atoms with E-state index in [9.17, 15) is 9.59 Å². The number of nitrogens with zero attached hydrogens (tertiary/aromatic N) is 2. The molecule has 7 heteroatoms. The zero-order chi connectivity index (χ0) is 28.3. The molecule has 1 aliphatic heterocycles. The number of ether oxygens (including phenoxy) is 3. The second-order valence-corrected chi connectivity index (χ2v) is 11.8. The van der Waals surface area contributed by atoms with Gasteiger partial charge in [0.15, 0.2) is 0 Å². The molecule has 3 fully saturated rings. The highest BCUT2D eigenvalue weighted by molar-refractivity contribution is 5.91. The lowest BCUT2D eigenvalue weighted by atomic mass is 9.55. The molecule has 0 spiro atoms. The minimum Gasteiger partial charge on any atom is -0.497 e. The van der Waals surface area contributed by atoms with Crippen LogP contribution in [-0.4, -0.2) is 74.2 Å². The maximum absolute atomic E-state index is 13.4. The molecule has 2 aliphatic carbocycles. The molecule has 3 aliphatic rings. The summed E-state index contributed by atoms with van der Waals surface area (Å²) in [6.07, 6.45) is 9.10. The number of hydrogen-bond acceptors (Lipinski definition) is 6. The van der Waals surface area contributed by atoms with Crippen LogP contribution in [0.5, 0.6) is 11.5 Å². The first-order valence-corrected chi connectivity index (χ1v) is 14.4. The summed E-state index contributed by atoms with van der Waals surface area (Å²) < 4.78 is 17.3. The van der Waals surface area contributed by atoms with E-state index in [1.807, 2.05) is 54.4 Å². The highest BCUT2D eigenvalue weighted by atomic mass is 16.6. The van der Waals surface area contributed by atoms with Gasteiger partial charge < -0.3 is 19.1 Å². The van der Waals surface area contributed by atoms with Gasteiger partial charge in [0, 0.05) is 44.6 Å². The van der Waals surface area contributed by atoms with Crippen molar-refractivity contribution in [3.63, 3.8) is 0 Å². The summed E-state index contributed by atoms with van der Waals surface area (Å²) in [4.78, 5) is 30.4. The number of esters is 1. The van der Waals surface area contributed by atoms with Crippen molar-refractivity contribution in [2.75, 3.05) is 40.9 Å². The Hall–Kier alpha value is -3.32. The fourth-order valence-electron chi connectivity index (χ4n) is 6.94. The number of rotatable bonds is 9. The first-order valence-electron chi connectivity index (χ1n) is 14.4. The topological polar surface area (TPSA) is 68.3 Å². The maximum Gasteiger partial charge on any atom is 0.303 e. The van der Waals surface area contributed by atoms with Crippen LogP contribution in [-0.2, 0) is 19.7 Å². The summed E-state index contributed by atoms with van der Waals surface area (Å²) in [5.41, 5.74) is 0.947. The first kappa shape index (κ1) is 28.2. The first-order chi connectivity index (χ1) is 19.3. The fraction of sp³-hybridized carbons (Fsp3) is 0.515. The third-order valence-corrected chi connectivity index (χ3v) is 9.25. The molecule has 214 valence electrons. The van der Waals surface area contributed by atoms with Crippen molar-refractivity contribution < 1.29 is 23.8 Å². The van der Waals surface area contributed by atoms with E-state index in [0.717, 1.165) is 67.4 Å². The second-order valence-electron chi connectivity index (χ2n) is 11.8. The lowest BCUT2D eigenvalue weighted by molar-refractivity contribution is -0.190. The minimum absolute atomic E-state index is 0.00678. The van der Waals surface area contributed by atoms with Gasteiger partial charge in [0.1, 0.15) is 17.1 Å². The molecule has 1 amide bonds. The molecule has 0 radical (unpaired) electrons. The summed E-state index contributed by atoms with van der Waals surface area (Å²) in [5.74, 6) is 2.02. The van der Waals surface area contributed by atoms with Gasteiger partial charge >= 0.3 is 5.97 Å². The number of hydrogen-bond donors (Lipinski definition) is 0. The predicted molar refractivity (Wildman–Crippen MR) is 155 cm³/mol. The zero-order valence-electron chi connectivity index (χ0n) is 24.2. The molecule has 0 unspecified atom stereocenters. The summed E-state index contributed by atoms with van der Waals surface area (Å²) >= 11 is 0. The number of carbonyl (C=O) groups excluding carboxylic acids is 2.